The normalized spacial score (nSPS) is 14.8. The quantitative estimate of drug-likeness (QED) is 0.580. The molecule has 0 saturated carbocycles. The highest BCUT2D eigenvalue weighted by molar-refractivity contribution is 6.31. The molecule has 0 aromatic heterocycles. The molecule has 1 heteroatoms. The van der Waals surface area contributed by atoms with Gasteiger partial charge in [0.2, 0.25) is 0 Å². The Bertz CT molecular complexity index is 386. The van der Waals surface area contributed by atoms with Gasteiger partial charge in [0.15, 0.2) is 0 Å². The van der Waals surface area contributed by atoms with E-state index >= 15 is 0 Å². The van der Waals surface area contributed by atoms with E-state index in [9.17, 15) is 0 Å². The van der Waals surface area contributed by atoms with Crippen LogP contribution in [0.1, 0.15) is 23.1 Å². The lowest BCUT2D eigenvalue weighted by Gasteiger charge is -2.01. The first-order valence-electron chi connectivity index (χ1n) is 4.39. The Morgan fingerprint density at radius 3 is 2.92 bits per heavy atom. The van der Waals surface area contributed by atoms with Crippen LogP contribution in [0, 0.1) is 6.92 Å². The number of fused-ring (bicyclic) bond motifs is 1. The molecule has 0 fully saturated rings. The molecule has 1 aromatic carbocycles. The first-order valence-corrected chi connectivity index (χ1v) is 4.77. The first-order chi connectivity index (χ1) is 6.25. The van der Waals surface area contributed by atoms with Gasteiger partial charge in [0.25, 0.3) is 0 Å². The summed E-state index contributed by atoms with van der Waals surface area (Å²) in [6.07, 6.45) is 7.12. The summed E-state index contributed by atoms with van der Waals surface area (Å²) in [7, 11) is 0. The van der Waals surface area contributed by atoms with Crippen molar-refractivity contribution in [2.24, 2.45) is 0 Å². The number of hydrogen-bond acceptors (Lipinski definition) is 0. The molecular formula is C12H11Cl. The smallest absolute Gasteiger partial charge is 0.0224 e. The lowest BCUT2D eigenvalue weighted by atomic mass is 10.0. The van der Waals surface area contributed by atoms with E-state index < -0.39 is 0 Å². The summed E-state index contributed by atoms with van der Waals surface area (Å²) in [5, 5.41) is 0.902. The Morgan fingerprint density at radius 2 is 2.08 bits per heavy atom. The highest BCUT2D eigenvalue weighted by Gasteiger charge is 2.02. The highest BCUT2D eigenvalue weighted by Crippen LogP contribution is 2.23. The van der Waals surface area contributed by atoms with Crippen molar-refractivity contribution in [3.05, 3.63) is 46.0 Å². The van der Waals surface area contributed by atoms with Crippen LogP contribution in [-0.4, -0.2) is 0 Å². The van der Waals surface area contributed by atoms with Crippen LogP contribution in [0.15, 0.2) is 29.3 Å². The van der Waals surface area contributed by atoms with Crippen LogP contribution in [0.3, 0.4) is 0 Å². The third kappa shape index (κ3) is 1.84. The van der Waals surface area contributed by atoms with E-state index in [0.29, 0.717) is 0 Å². The molecule has 0 atom stereocenters. The molecule has 0 aliphatic heterocycles. The summed E-state index contributed by atoms with van der Waals surface area (Å²) in [5.74, 6) is 0. The summed E-state index contributed by atoms with van der Waals surface area (Å²) in [4.78, 5) is 0. The van der Waals surface area contributed by atoms with Gasteiger partial charge in [-0.25, -0.2) is 0 Å². The van der Waals surface area contributed by atoms with Crippen molar-refractivity contribution in [3.63, 3.8) is 0 Å². The van der Waals surface area contributed by atoms with Crippen molar-refractivity contribution in [2.45, 2.75) is 13.3 Å². The molecule has 0 nitrogen and oxygen atoms in total. The number of benzene rings is 1. The van der Waals surface area contributed by atoms with E-state index in [4.69, 9.17) is 11.6 Å². The lowest BCUT2D eigenvalue weighted by molar-refractivity contribution is 1.39. The van der Waals surface area contributed by atoms with Crippen LogP contribution in [0.2, 0.25) is 0 Å². The zero-order valence-electron chi connectivity index (χ0n) is 7.55. The molecule has 1 aromatic rings. The summed E-state index contributed by atoms with van der Waals surface area (Å²) in [6.45, 7) is 2.10. The minimum Gasteiger partial charge on any atom is -0.0888 e. The SMILES string of the molecule is Cc1ccc2c(c1)C=CCC(Cl)=C2. The van der Waals surface area contributed by atoms with Gasteiger partial charge in [-0.3, -0.25) is 0 Å². The summed E-state index contributed by atoms with van der Waals surface area (Å²) < 4.78 is 0. The van der Waals surface area contributed by atoms with Crippen LogP contribution in [0.4, 0.5) is 0 Å². The largest absolute Gasteiger partial charge is 0.0888 e. The van der Waals surface area contributed by atoms with E-state index in [1.165, 1.54) is 16.7 Å². The van der Waals surface area contributed by atoms with Crippen molar-refractivity contribution in [3.8, 4) is 0 Å². The molecule has 0 N–H and O–H groups in total. The number of halogens is 1. The molecular weight excluding hydrogens is 180 g/mol. The predicted octanol–water partition coefficient (Wildman–Crippen LogP) is 3.99. The average molecular weight is 191 g/mol. The molecule has 1 aliphatic carbocycles. The molecule has 0 amide bonds. The molecule has 0 radical (unpaired) electrons. The zero-order valence-corrected chi connectivity index (χ0v) is 8.31. The Morgan fingerprint density at radius 1 is 1.23 bits per heavy atom. The topological polar surface area (TPSA) is 0 Å². The monoisotopic (exact) mass is 190 g/mol. The number of hydrogen-bond donors (Lipinski definition) is 0. The van der Waals surface area contributed by atoms with Gasteiger partial charge in [0.05, 0.1) is 0 Å². The van der Waals surface area contributed by atoms with Crippen molar-refractivity contribution in [1.29, 1.82) is 0 Å². The van der Waals surface area contributed by atoms with E-state index in [1.54, 1.807) is 0 Å². The van der Waals surface area contributed by atoms with Gasteiger partial charge in [0, 0.05) is 11.5 Å². The minimum absolute atomic E-state index is 0.843. The highest BCUT2D eigenvalue weighted by atomic mass is 35.5. The standard InChI is InChI=1S/C12H11Cl/c1-9-5-6-11-8-12(13)4-2-3-10(11)7-9/h2-3,5-8H,4H2,1H3. The second kappa shape index (κ2) is 3.39. The Hall–Kier alpha value is -1.01. The second-order valence-corrected chi connectivity index (χ2v) is 3.82. The fourth-order valence-corrected chi connectivity index (χ4v) is 1.70. The van der Waals surface area contributed by atoms with E-state index in [-0.39, 0.29) is 0 Å². The van der Waals surface area contributed by atoms with Gasteiger partial charge < -0.3 is 0 Å². The van der Waals surface area contributed by atoms with Crippen LogP contribution in [0.25, 0.3) is 12.2 Å². The van der Waals surface area contributed by atoms with Gasteiger partial charge in [-0.15, -0.1) is 0 Å². The van der Waals surface area contributed by atoms with Gasteiger partial charge in [0.1, 0.15) is 0 Å². The summed E-state index contributed by atoms with van der Waals surface area (Å²) >= 11 is 6.00. The van der Waals surface area contributed by atoms with Gasteiger partial charge in [-0.2, -0.15) is 0 Å². The maximum Gasteiger partial charge on any atom is 0.0224 e. The Kier molecular flexibility index (Phi) is 2.24. The first kappa shape index (κ1) is 8.58. The van der Waals surface area contributed by atoms with E-state index in [1.807, 2.05) is 6.08 Å². The van der Waals surface area contributed by atoms with Gasteiger partial charge in [-0.05, 0) is 24.1 Å². The van der Waals surface area contributed by atoms with Gasteiger partial charge >= 0.3 is 0 Å². The molecule has 2 rings (SSSR count). The maximum absolute atomic E-state index is 6.00. The van der Waals surface area contributed by atoms with Crippen molar-refractivity contribution in [1.82, 2.24) is 0 Å². The van der Waals surface area contributed by atoms with Crippen LogP contribution >= 0.6 is 11.6 Å². The molecule has 0 unspecified atom stereocenters. The number of aryl methyl sites for hydroxylation is 1. The second-order valence-electron chi connectivity index (χ2n) is 3.33. The molecule has 1 aliphatic rings. The van der Waals surface area contributed by atoms with Gasteiger partial charge in [-0.1, -0.05) is 47.5 Å². The lowest BCUT2D eigenvalue weighted by Crippen LogP contribution is -1.81. The van der Waals surface area contributed by atoms with Crippen molar-refractivity contribution >= 4 is 23.8 Å². The third-order valence-electron chi connectivity index (χ3n) is 2.16. The van der Waals surface area contributed by atoms with Crippen molar-refractivity contribution in [2.75, 3.05) is 0 Å². The fourth-order valence-electron chi connectivity index (χ4n) is 1.50. The average Bonchev–Trinajstić information content (AvgIpc) is 2.25. The van der Waals surface area contributed by atoms with E-state index in [0.717, 1.165) is 11.5 Å². The Balaban J connectivity index is 2.58. The zero-order chi connectivity index (χ0) is 9.26. The molecule has 0 bridgehead atoms. The minimum atomic E-state index is 0.843. The number of allylic oxidation sites excluding steroid dienone is 2. The van der Waals surface area contributed by atoms with Crippen LogP contribution in [-0.2, 0) is 0 Å². The molecule has 0 heterocycles. The van der Waals surface area contributed by atoms with Crippen LogP contribution < -0.4 is 0 Å². The summed E-state index contributed by atoms with van der Waals surface area (Å²) in [5.41, 5.74) is 3.76. The molecule has 0 spiro atoms. The maximum atomic E-state index is 6.00. The number of rotatable bonds is 0. The molecule has 66 valence electrons. The third-order valence-corrected chi connectivity index (χ3v) is 2.43. The van der Waals surface area contributed by atoms with Crippen molar-refractivity contribution < 1.29 is 0 Å². The Labute approximate surface area is 83.5 Å². The predicted molar refractivity (Wildman–Crippen MR) is 58.7 cm³/mol. The van der Waals surface area contributed by atoms with Crippen LogP contribution in [0.5, 0.6) is 0 Å². The fraction of sp³-hybridized carbons (Fsp3) is 0.167. The summed E-state index contributed by atoms with van der Waals surface area (Å²) in [6, 6.07) is 6.40. The molecule has 0 saturated heterocycles. The van der Waals surface area contributed by atoms with E-state index in [2.05, 4.69) is 37.3 Å². The molecule has 13 heavy (non-hydrogen) atoms.